The summed E-state index contributed by atoms with van der Waals surface area (Å²) in [6, 6.07) is 5.33. The average Bonchev–Trinajstić information content (AvgIpc) is 2.49. The maximum absolute atomic E-state index is 11.9. The van der Waals surface area contributed by atoms with Crippen LogP contribution in [-0.2, 0) is 16.0 Å². The number of benzene rings is 1. The number of rotatable bonds is 9. The number of hydrogen-bond acceptors (Lipinski definition) is 2. The van der Waals surface area contributed by atoms with E-state index in [1.54, 1.807) is 17.0 Å². The maximum Gasteiger partial charge on any atom is 0.221 e. The van der Waals surface area contributed by atoms with Gasteiger partial charge in [-0.05, 0) is 30.5 Å². The molecule has 0 aliphatic rings. The summed E-state index contributed by atoms with van der Waals surface area (Å²) in [6.45, 7) is 5.29. The van der Waals surface area contributed by atoms with Gasteiger partial charge in [0, 0.05) is 43.0 Å². The Hall–Kier alpha value is -1.26. The molecule has 0 radical (unpaired) electrons. The van der Waals surface area contributed by atoms with E-state index in [0.717, 1.165) is 18.4 Å². The van der Waals surface area contributed by atoms with Crippen LogP contribution in [0, 0.1) is 0 Å². The first-order valence-corrected chi connectivity index (χ1v) is 8.65. The van der Waals surface area contributed by atoms with Crippen LogP contribution in [0.25, 0.3) is 0 Å². The van der Waals surface area contributed by atoms with E-state index in [9.17, 15) is 9.59 Å². The van der Waals surface area contributed by atoms with Crippen LogP contribution in [0.5, 0.6) is 0 Å². The predicted molar refractivity (Wildman–Crippen MR) is 95.0 cm³/mol. The standard InChI is InChI=1S/C17H24Cl2N2O2/c1-3-4-10-21(13(2)22)11-8-17(23)20-9-7-14-5-6-15(18)12-16(14)19/h5-6,12H,3-4,7-11H2,1-2H3,(H,20,23). The van der Waals surface area contributed by atoms with Crippen molar-refractivity contribution in [2.75, 3.05) is 19.6 Å². The Morgan fingerprint density at radius 1 is 1.22 bits per heavy atom. The first-order chi connectivity index (χ1) is 10.9. The SMILES string of the molecule is CCCCN(CCC(=O)NCCc1ccc(Cl)cc1Cl)C(C)=O. The molecule has 0 heterocycles. The Balaban J connectivity index is 2.32. The minimum atomic E-state index is -0.0576. The number of hydrogen-bond donors (Lipinski definition) is 1. The van der Waals surface area contributed by atoms with E-state index in [0.29, 0.717) is 42.5 Å². The second-order valence-electron chi connectivity index (χ2n) is 5.45. The maximum atomic E-state index is 11.9. The van der Waals surface area contributed by atoms with E-state index in [1.165, 1.54) is 6.92 Å². The molecule has 0 aliphatic carbocycles. The number of carbonyl (C=O) groups is 2. The molecule has 0 atom stereocenters. The lowest BCUT2D eigenvalue weighted by molar-refractivity contribution is -0.129. The van der Waals surface area contributed by atoms with Crippen molar-refractivity contribution in [3.63, 3.8) is 0 Å². The fourth-order valence-corrected chi connectivity index (χ4v) is 2.66. The van der Waals surface area contributed by atoms with Crippen molar-refractivity contribution in [2.45, 2.75) is 39.5 Å². The lowest BCUT2D eigenvalue weighted by Gasteiger charge is -2.20. The third-order valence-corrected chi connectivity index (χ3v) is 4.15. The van der Waals surface area contributed by atoms with Crippen molar-refractivity contribution in [3.05, 3.63) is 33.8 Å². The molecule has 2 amide bonds. The van der Waals surface area contributed by atoms with Crippen molar-refractivity contribution in [3.8, 4) is 0 Å². The predicted octanol–water partition coefficient (Wildman–Crippen LogP) is 3.69. The second kappa shape index (κ2) is 10.5. The van der Waals surface area contributed by atoms with Gasteiger partial charge < -0.3 is 10.2 Å². The van der Waals surface area contributed by atoms with E-state index >= 15 is 0 Å². The zero-order valence-corrected chi connectivity index (χ0v) is 15.2. The molecular formula is C17H24Cl2N2O2. The first kappa shape index (κ1) is 19.8. The fourth-order valence-electron chi connectivity index (χ4n) is 2.16. The summed E-state index contributed by atoms with van der Waals surface area (Å²) in [4.78, 5) is 25.1. The highest BCUT2D eigenvalue weighted by Crippen LogP contribution is 2.21. The third-order valence-electron chi connectivity index (χ3n) is 3.57. The van der Waals surface area contributed by atoms with Crippen molar-refractivity contribution in [2.24, 2.45) is 0 Å². The highest BCUT2D eigenvalue weighted by molar-refractivity contribution is 6.35. The van der Waals surface area contributed by atoms with Crippen LogP contribution in [0.1, 0.15) is 38.7 Å². The molecule has 1 N–H and O–H groups in total. The summed E-state index contributed by atoms with van der Waals surface area (Å²) in [5.41, 5.74) is 0.949. The molecule has 0 bridgehead atoms. The zero-order valence-electron chi connectivity index (χ0n) is 13.7. The Kier molecular flexibility index (Phi) is 9.03. The molecule has 1 rings (SSSR count). The molecule has 23 heavy (non-hydrogen) atoms. The first-order valence-electron chi connectivity index (χ1n) is 7.90. The van der Waals surface area contributed by atoms with Gasteiger partial charge in [-0.3, -0.25) is 9.59 Å². The number of nitrogens with zero attached hydrogens (tertiary/aromatic N) is 1. The number of carbonyl (C=O) groups excluding carboxylic acids is 2. The molecule has 0 saturated carbocycles. The minimum absolute atomic E-state index is 0.0131. The summed E-state index contributed by atoms with van der Waals surface area (Å²) in [6.07, 6.45) is 2.94. The Labute approximate surface area is 148 Å². The lowest BCUT2D eigenvalue weighted by atomic mass is 10.1. The van der Waals surface area contributed by atoms with Gasteiger partial charge in [-0.25, -0.2) is 0 Å². The van der Waals surface area contributed by atoms with Gasteiger partial charge in [0.15, 0.2) is 0 Å². The second-order valence-corrected chi connectivity index (χ2v) is 6.29. The van der Waals surface area contributed by atoms with Crippen LogP contribution < -0.4 is 5.32 Å². The van der Waals surface area contributed by atoms with Crippen LogP contribution in [-0.4, -0.2) is 36.3 Å². The topological polar surface area (TPSA) is 49.4 Å². The van der Waals surface area contributed by atoms with E-state index in [2.05, 4.69) is 12.2 Å². The van der Waals surface area contributed by atoms with Gasteiger partial charge >= 0.3 is 0 Å². The quantitative estimate of drug-likeness (QED) is 0.731. The highest BCUT2D eigenvalue weighted by atomic mass is 35.5. The summed E-state index contributed by atoms with van der Waals surface area (Å²) < 4.78 is 0. The van der Waals surface area contributed by atoms with Crippen molar-refractivity contribution in [1.29, 1.82) is 0 Å². The molecule has 6 heteroatoms. The monoisotopic (exact) mass is 358 g/mol. The average molecular weight is 359 g/mol. The smallest absolute Gasteiger partial charge is 0.221 e. The highest BCUT2D eigenvalue weighted by Gasteiger charge is 2.10. The minimum Gasteiger partial charge on any atom is -0.356 e. The zero-order chi connectivity index (χ0) is 17.2. The molecule has 0 saturated heterocycles. The summed E-state index contributed by atoms with van der Waals surface area (Å²) in [5, 5.41) is 4.06. The van der Waals surface area contributed by atoms with Gasteiger partial charge in [-0.2, -0.15) is 0 Å². The summed E-state index contributed by atoms with van der Waals surface area (Å²) in [5.74, 6) is -0.0444. The van der Waals surface area contributed by atoms with Crippen LogP contribution >= 0.6 is 23.2 Å². The lowest BCUT2D eigenvalue weighted by Crippen LogP contribution is -2.35. The number of unbranched alkanes of at least 4 members (excludes halogenated alkanes) is 1. The molecule has 0 fully saturated rings. The van der Waals surface area contributed by atoms with Gasteiger partial charge in [0.2, 0.25) is 11.8 Å². The Bertz CT molecular complexity index is 535. The van der Waals surface area contributed by atoms with Gasteiger partial charge in [-0.15, -0.1) is 0 Å². The van der Waals surface area contributed by atoms with Crippen LogP contribution in [0.2, 0.25) is 10.0 Å². The molecule has 0 unspecified atom stereocenters. The number of amides is 2. The molecule has 0 aromatic heterocycles. The number of nitrogens with one attached hydrogen (secondary N) is 1. The summed E-state index contributed by atoms with van der Waals surface area (Å²) >= 11 is 11.9. The van der Waals surface area contributed by atoms with E-state index in [4.69, 9.17) is 23.2 Å². The van der Waals surface area contributed by atoms with Crippen LogP contribution in [0.4, 0.5) is 0 Å². The van der Waals surface area contributed by atoms with Crippen LogP contribution in [0.3, 0.4) is 0 Å². The molecule has 1 aromatic rings. The van der Waals surface area contributed by atoms with Crippen molar-refractivity contribution in [1.82, 2.24) is 10.2 Å². The molecule has 1 aromatic carbocycles. The van der Waals surface area contributed by atoms with E-state index in [-0.39, 0.29) is 11.8 Å². The van der Waals surface area contributed by atoms with Gasteiger partial charge in [-0.1, -0.05) is 42.6 Å². The molecule has 128 valence electrons. The normalized spacial score (nSPS) is 10.4. The summed E-state index contributed by atoms with van der Waals surface area (Å²) in [7, 11) is 0. The largest absolute Gasteiger partial charge is 0.356 e. The van der Waals surface area contributed by atoms with Gasteiger partial charge in [0.1, 0.15) is 0 Å². The van der Waals surface area contributed by atoms with Crippen molar-refractivity contribution < 1.29 is 9.59 Å². The van der Waals surface area contributed by atoms with Crippen LogP contribution in [0.15, 0.2) is 18.2 Å². The Morgan fingerprint density at radius 3 is 2.57 bits per heavy atom. The molecule has 0 aliphatic heterocycles. The molecule has 4 nitrogen and oxygen atoms in total. The van der Waals surface area contributed by atoms with E-state index in [1.807, 2.05) is 6.07 Å². The fraction of sp³-hybridized carbons (Fsp3) is 0.529. The van der Waals surface area contributed by atoms with Gasteiger partial charge in [0.05, 0.1) is 0 Å². The third kappa shape index (κ3) is 7.71. The molecule has 0 spiro atoms. The van der Waals surface area contributed by atoms with Crippen molar-refractivity contribution >= 4 is 35.0 Å². The number of halogens is 2. The van der Waals surface area contributed by atoms with Gasteiger partial charge in [0.25, 0.3) is 0 Å². The Morgan fingerprint density at radius 2 is 1.96 bits per heavy atom. The molecular weight excluding hydrogens is 335 g/mol. The van der Waals surface area contributed by atoms with E-state index < -0.39 is 0 Å².